The summed E-state index contributed by atoms with van der Waals surface area (Å²) in [5.41, 5.74) is 1.07. The third-order valence-electron chi connectivity index (χ3n) is 5.59. The molecule has 0 fully saturated rings. The summed E-state index contributed by atoms with van der Waals surface area (Å²) in [6.07, 6.45) is 1.68. The van der Waals surface area contributed by atoms with Crippen molar-refractivity contribution in [3.8, 4) is 0 Å². The molecule has 2 aromatic rings. The van der Waals surface area contributed by atoms with E-state index in [9.17, 15) is 22.4 Å². The minimum absolute atomic E-state index is 0.123. The quantitative estimate of drug-likeness (QED) is 0.524. The van der Waals surface area contributed by atoms with Crippen LogP contribution in [0.5, 0.6) is 0 Å². The highest BCUT2D eigenvalue weighted by molar-refractivity contribution is 7.92. The molecule has 10 heteroatoms. The van der Waals surface area contributed by atoms with Crippen molar-refractivity contribution in [2.24, 2.45) is 0 Å². The van der Waals surface area contributed by atoms with Crippen molar-refractivity contribution in [3.05, 3.63) is 64.4 Å². The van der Waals surface area contributed by atoms with Crippen molar-refractivity contribution in [2.45, 2.75) is 52.7 Å². The number of amides is 2. The number of carbonyl (C=O) groups excluding carboxylic acids is 2. The molecule has 34 heavy (non-hydrogen) atoms. The Balaban J connectivity index is 2.45. The molecule has 0 saturated carbocycles. The maximum Gasteiger partial charge on any atom is 0.244 e. The number of sulfonamides is 1. The highest BCUT2D eigenvalue weighted by Crippen LogP contribution is 2.27. The number of aryl methyl sites for hydroxylation is 1. The smallest absolute Gasteiger partial charge is 0.244 e. The Morgan fingerprint density at radius 1 is 1.15 bits per heavy atom. The Morgan fingerprint density at radius 2 is 1.79 bits per heavy atom. The number of benzene rings is 2. The summed E-state index contributed by atoms with van der Waals surface area (Å²) >= 11 is 6.08. The normalized spacial score (nSPS) is 13.1. The van der Waals surface area contributed by atoms with Crippen molar-refractivity contribution in [2.75, 3.05) is 17.1 Å². The van der Waals surface area contributed by atoms with E-state index >= 15 is 0 Å². The van der Waals surface area contributed by atoms with Crippen LogP contribution in [-0.2, 0) is 26.2 Å². The van der Waals surface area contributed by atoms with Crippen LogP contribution in [0, 0.1) is 12.7 Å². The Kier molecular flexibility index (Phi) is 9.46. The van der Waals surface area contributed by atoms with E-state index in [1.54, 1.807) is 25.1 Å². The Bertz CT molecular complexity index is 1140. The van der Waals surface area contributed by atoms with Gasteiger partial charge in [-0.05, 0) is 51.0 Å². The van der Waals surface area contributed by atoms with Gasteiger partial charge in [-0.2, -0.15) is 0 Å². The predicted molar refractivity (Wildman–Crippen MR) is 133 cm³/mol. The van der Waals surface area contributed by atoms with Crippen molar-refractivity contribution >= 4 is 39.1 Å². The molecule has 0 aliphatic rings. The summed E-state index contributed by atoms with van der Waals surface area (Å²) in [5.74, 6) is -1.59. The van der Waals surface area contributed by atoms with Gasteiger partial charge >= 0.3 is 0 Å². The van der Waals surface area contributed by atoms with Crippen LogP contribution in [0.25, 0.3) is 0 Å². The molecule has 2 aromatic carbocycles. The van der Waals surface area contributed by atoms with E-state index < -0.39 is 40.2 Å². The van der Waals surface area contributed by atoms with Crippen LogP contribution < -0.4 is 9.62 Å². The molecule has 0 radical (unpaired) electrons. The second-order valence-electron chi connectivity index (χ2n) is 8.31. The van der Waals surface area contributed by atoms with Crippen LogP contribution in [0.2, 0.25) is 5.02 Å². The molecular weight excluding hydrogens is 481 g/mol. The summed E-state index contributed by atoms with van der Waals surface area (Å²) in [4.78, 5) is 27.5. The summed E-state index contributed by atoms with van der Waals surface area (Å²) in [5, 5.41) is 3.13. The topological polar surface area (TPSA) is 86.8 Å². The fourth-order valence-electron chi connectivity index (χ4n) is 3.30. The SMILES string of the molecule is CC[C@H](C)NC(=O)[C@H](C)N(Cc1ccccc1F)C(=O)CN(c1cc(Cl)ccc1C)S(C)(=O)=O. The molecule has 1 N–H and O–H groups in total. The molecule has 0 aliphatic heterocycles. The molecule has 0 heterocycles. The van der Waals surface area contributed by atoms with Gasteiger partial charge in [-0.3, -0.25) is 13.9 Å². The van der Waals surface area contributed by atoms with Gasteiger partial charge in [-0.25, -0.2) is 12.8 Å². The average Bonchev–Trinajstić information content (AvgIpc) is 2.77. The zero-order chi connectivity index (χ0) is 25.6. The lowest BCUT2D eigenvalue weighted by atomic mass is 10.1. The van der Waals surface area contributed by atoms with Crippen molar-refractivity contribution in [1.29, 1.82) is 0 Å². The standard InChI is InChI=1S/C24H31ClFN3O4S/c1-6-17(3)27-24(31)18(4)28(14-19-9-7-8-10-21(19)26)23(30)15-29(34(5,32)33)22-13-20(25)12-11-16(22)2/h7-13,17-18H,6,14-15H2,1-5H3,(H,27,31)/t17-,18-/m0/s1. The fraction of sp³-hybridized carbons (Fsp3) is 0.417. The number of rotatable bonds is 10. The number of nitrogens with one attached hydrogen (secondary N) is 1. The number of nitrogens with zero attached hydrogens (tertiary/aromatic N) is 2. The van der Waals surface area contributed by atoms with Crippen molar-refractivity contribution in [1.82, 2.24) is 10.2 Å². The second kappa shape index (κ2) is 11.7. The molecule has 0 bridgehead atoms. The van der Waals surface area contributed by atoms with Crippen LogP contribution in [0.15, 0.2) is 42.5 Å². The van der Waals surface area contributed by atoms with Crippen molar-refractivity contribution in [3.63, 3.8) is 0 Å². The molecule has 2 amide bonds. The lowest BCUT2D eigenvalue weighted by molar-refractivity contribution is -0.139. The molecule has 0 spiro atoms. The Labute approximate surface area is 205 Å². The van der Waals surface area contributed by atoms with E-state index in [1.165, 1.54) is 36.1 Å². The molecule has 0 saturated heterocycles. The highest BCUT2D eigenvalue weighted by atomic mass is 35.5. The largest absolute Gasteiger partial charge is 0.352 e. The van der Waals surface area contributed by atoms with Gasteiger partial charge in [-0.1, -0.05) is 42.8 Å². The average molecular weight is 512 g/mol. The molecule has 0 unspecified atom stereocenters. The van der Waals surface area contributed by atoms with E-state index in [0.29, 0.717) is 17.0 Å². The van der Waals surface area contributed by atoms with E-state index in [2.05, 4.69) is 5.32 Å². The fourth-order valence-corrected chi connectivity index (χ4v) is 4.37. The molecular formula is C24H31ClFN3O4S. The third-order valence-corrected chi connectivity index (χ3v) is 6.95. The minimum Gasteiger partial charge on any atom is -0.352 e. The number of hydrogen-bond acceptors (Lipinski definition) is 4. The molecule has 186 valence electrons. The predicted octanol–water partition coefficient (Wildman–Crippen LogP) is 3.89. The first-order chi connectivity index (χ1) is 15.8. The first-order valence-electron chi connectivity index (χ1n) is 10.9. The molecule has 0 aromatic heterocycles. The number of halogens is 2. The maximum atomic E-state index is 14.4. The molecule has 0 aliphatic carbocycles. The summed E-state index contributed by atoms with van der Waals surface area (Å²) in [7, 11) is -3.88. The number of hydrogen-bond donors (Lipinski definition) is 1. The van der Waals surface area contributed by atoms with Gasteiger partial charge in [-0.15, -0.1) is 0 Å². The highest BCUT2D eigenvalue weighted by Gasteiger charge is 2.31. The third kappa shape index (κ3) is 7.17. The lowest BCUT2D eigenvalue weighted by Gasteiger charge is -2.32. The van der Waals surface area contributed by atoms with Gasteiger partial charge in [0.1, 0.15) is 18.4 Å². The van der Waals surface area contributed by atoms with Gasteiger partial charge in [0.15, 0.2) is 0 Å². The van der Waals surface area contributed by atoms with Gasteiger partial charge in [0.25, 0.3) is 0 Å². The van der Waals surface area contributed by atoms with Gasteiger partial charge < -0.3 is 10.2 Å². The van der Waals surface area contributed by atoms with E-state index in [4.69, 9.17) is 11.6 Å². The Hall–Kier alpha value is -2.65. The van der Waals surface area contributed by atoms with E-state index in [-0.39, 0.29) is 23.8 Å². The van der Waals surface area contributed by atoms with Crippen LogP contribution in [-0.4, -0.2) is 50.0 Å². The monoisotopic (exact) mass is 511 g/mol. The van der Waals surface area contributed by atoms with Crippen LogP contribution in [0.3, 0.4) is 0 Å². The zero-order valence-electron chi connectivity index (χ0n) is 20.0. The maximum absolute atomic E-state index is 14.4. The number of carbonyl (C=O) groups is 2. The van der Waals surface area contributed by atoms with Crippen LogP contribution >= 0.6 is 11.6 Å². The lowest BCUT2D eigenvalue weighted by Crippen LogP contribution is -2.52. The van der Waals surface area contributed by atoms with Crippen molar-refractivity contribution < 1.29 is 22.4 Å². The number of anilines is 1. The second-order valence-corrected chi connectivity index (χ2v) is 10.7. The van der Waals surface area contributed by atoms with E-state index in [0.717, 1.165) is 10.6 Å². The van der Waals surface area contributed by atoms with Gasteiger partial charge in [0.2, 0.25) is 21.8 Å². The summed E-state index contributed by atoms with van der Waals surface area (Å²) < 4.78 is 40.6. The molecule has 7 nitrogen and oxygen atoms in total. The van der Waals surface area contributed by atoms with Gasteiger partial charge in [0.05, 0.1) is 11.9 Å². The first kappa shape index (κ1) is 27.6. The van der Waals surface area contributed by atoms with Crippen LogP contribution in [0.1, 0.15) is 38.3 Å². The van der Waals surface area contributed by atoms with Gasteiger partial charge in [0, 0.05) is 23.2 Å². The Morgan fingerprint density at radius 3 is 2.38 bits per heavy atom. The molecule has 2 rings (SSSR count). The minimum atomic E-state index is -3.88. The molecule has 2 atom stereocenters. The van der Waals surface area contributed by atoms with Crippen LogP contribution in [0.4, 0.5) is 10.1 Å². The first-order valence-corrected chi connectivity index (χ1v) is 13.1. The summed E-state index contributed by atoms with van der Waals surface area (Å²) in [6, 6.07) is 9.58. The van der Waals surface area contributed by atoms with E-state index in [1.807, 2.05) is 13.8 Å². The summed E-state index contributed by atoms with van der Waals surface area (Å²) in [6.45, 7) is 6.21. The zero-order valence-corrected chi connectivity index (χ0v) is 21.6.